The molecule has 2 aromatic carbocycles. The molecule has 3 aromatic rings. The van der Waals surface area contributed by atoms with Crippen molar-refractivity contribution < 1.29 is 0 Å². The molecule has 2 aliphatic heterocycles. The average molecular weight is 614 g/mol. The van der Waals surface area contributed by atoms with E-state index in [-0.39, 0.29) is 0 Å². The number of halogens is 2. The number of aryl methyl sites for hydroxylation is 3. The van der Waals surface area contributed by atoms with Crippen molar-refractivity contribution in [3.05, 3.63) is 69.4 Å². The summed E-state index contributed by atoms with van der Waals surface area (Å²) >= 11 is 4.24. The van der Waals surface area contributed by atoms with Crippen molar-refractivity contribution in [3.63, 3.8) is 0 Å². The molecule has 4 heteroatoms. The SMILES string of the molecule is CC.Cc1ccc2c(c1)CCN1Cc3c(ccc4c3c(C)c(C)n4C)CC21.II. The summed E-state index contributed by atoms with van der Waals surface area (Å²) in [5, 5.41) is 1.51. The van der Waals surface area contributed by atoms with Crippen LogP contribution in [-0.4, -0.2) is 16.0 Å². The van der Waals surface area contributed by atoms with Crippen molar-refractivity contribution in [1.29, 1.82) is 0 Å². The van der Waals surface area contributed by atoms with E-state index in [0.717, 1.165) is 13.0 Å². The van der Waals surface area contributed by atoms with Crippen LogP contribution in [0, 0.1) is 20.8 Å². The number of hydrogen-bond acceptors (Lipinski definition) is 1. The first kappa shape index (κ1) is 23.1. The van der Waals surface area contributed by atoms with E-state index in [1.54, 1.807) is 22.3 Å². The van der Waals surface area contributed by atoms with Gasteiger partial charge in [-0.15, -0.1) is 0 Å². The lowest BCUT2D eigenvalue weighted by molar-refractivity contribution is 0.162. The molecule has 156 valence electrons. The fraction of sp³-hybridized carbons (Fsp3) is 0.440. The molecule has 2 aliphatic rings. The van der Waals surface area contributed by atoms with E-state index < -0.39 is 0 Å². The third kappa shape index (κ3) is 4.01. The van der Waals surface area contributed by atoms with Gasteiger partial charge in [-0.05, 0) is 67.5 Å². The third-order valence-corrected chi connectivity index (χ3v) is 6.71. The number of fused-ring (bicyclic) bond motifs is 6. The van der Waals surface area contributed by atoms with Crippen molar-refractivity contribution in [2.75, 3.05) is 6.54 Å². The van der Waals surface area contributed by atoms with Crippen molar-refractivity contribution in [1.82, 2.24) is 9.47 Å². The topological polar surface area (TPSA) is 8.17 Å². The van der Waals surface area contributed by atoms with Gasteiger partial charge in [0, 0.05) is 80.0 Å². The lowest BCUT2D eigenvalue weighted by Crippen LogP contribution is -2.39. The summed E-state index contributed by atoms with van der Waals surface area (Å²) in [6, 6.07) is 12.3. The Kier molecular flexibility index (Phi) is 7.71. The maximum absolute atomic E-state index is 2.71. The zero-order chi connectivity index (χ0) is 21.3. The van der Waals surface area contributed by atoms with Crippen LogP contribution in [0.15, 0.2) is 30.3 Å². The molecule has 0 spiro atoms. The van der Waals surface area contributed by atoms with E-state index in [0.29, 0.717) is 6.04 Å². The van der Waals surface area contributed by atoms with Crippen molar-refractivity contribution in [2.24, 2.45) is 7.05 Å². The molecule has 0 saturated carbocycles. The molecule has 0 aliphatic carbocycles. The summed E-state index contributed by atoms with van der Waals surface area (Å²) < 4.78 is 2.35. The van der Waals surface area contributed by atoms with Gasteiger partial charge < -0.3 is 4.57 Å². The fourth-order valence-electron chi connectivity index (χ4n) is 5.09. The van der Waals surface area contributed by atoms with Crippen LogP contribution in [-0.2, 0) is 26.4 Å². The van der Waals surface area contributed by atoms with Crippen LogP contribution in [0.3, 0.4) is 0 Å². The van der Waals surface area contributed by atoms with Gasteiger partial charge in [-0.25, -0.2) is 0 Å². The molecule has 0 amide bonds. The minimum Gasteiger partial charge on any atom is -0.348 e. The molecule has 5 rings (SSSR count). The van der Waals surface area contributed by atoms with Gasteiger partial charge in [0.05, 0.1) is 0 Å². The Bertz CT molecular complexity index is 1020. The Morgan fingerprint density at radius 1 is 0.966 bits per heavy atom. The lowest BCUT2D eigenvalue weighted by Gasteiger charge is -2.42. The molecule has 0 saturated heterocycles. The van der Waals surface area contributed by atoms with E-state index in [2.05, 4.69) is 105 Å². The number of nitrogens with zero attached hydrogens (tertiary/aromatic N) is 2. The summed E-state index contributed by atoms with van der Waals surface area (Å²) in [6.45, 7) is 13.0. The van der Waals surface area contributed by atoms with Crippen LogP contribution in [0.25, 0.3) is 10.9 Å². The van der Waals surface area contributed by atoms with Gasteiger partial charge in [0.25, 0.3) is 0 Å². The van der Waals surface area contributed by atoms with Gasteiger partial charge in [0.15, 0.2) is 0 Å². The predicted molar refractivity (Wildman–Crippen MR) is 144 cm³/mol. The van der Waals surface area contributed by atoms with Crippen molar-refractivity contribution in [3.8, 4) is 0 Å². The highest BCUT2D eigenvalue weighted by Gasteiger charge is 2.33. The van der Waals surface area contributed by atoms with E-state index >= 15 is 0 Å². The summed E-state index contributed by atoms with van der Waals surface area (Å²) in [5.41, 5.74) is 11.9. The molecule has 0 fully saturated rings. The minimum atomic E-state index is 0.555. The standard InChI is InChI=1S/C23H26N2.C2H6.I2/c1-14-5-7-19-18(11-14)9-10-25-13-20-17(12-22(19)25)6-8-21-23(20)15(2)16(3)24(21)4;2*1-2/h5-8,11,22H,9-10,12-13H2,1-4H3;1-2H3;. The Labute approximate surface area is 199 Å². The van der Waals surface area contributed by atoms with Crippen LogP contribution >= 0.6 is 37.2 Å². The quantitative estimate of drug-likeness (QED) is 0.238. The monoisotopic (exact) mass is 614 g/mol. The first-order valence-electron chi connectivity index (χ1n) is 10.6. The fourth-order valence-corrected chi connectivity index (χ4v) is 5.09. The number of rotatable bonds is 0. The Morgan fingerprint density at radius 3 is 2.41 bits per heavy atom. The molecule has 1 unspecified atom stereocenters. The molecule has 29 heavy (non-hydrogen) atoms. The molecule has 3 heterocycles. The molecular weight excluding hydrogens is 582 g/mol. The van der Waals surface area contributed by atoms with Crippen LogP contribution in [0.5, 0.6) is 0 Å². The molecular formula is C25H32I2N2. The van der Waals surface area contributed by atoms with Gasteiger partial charge in [-0.2, -0.15) is 0 Å². The molecule has 1 aromatic heterocycles. The maximum atomic E-state index is 2.71. The summed E-state index contributed by atoms with van der Waals surface area (Å²) in [4.78, 5) is 2.71. The van der Waals surface area contributed by atoms with Gasteiger partial charge in [0.1, 0.15) is 0 Å². The minimum absolute atomic E-state index is 0.555. The van der Waals surface area contributed by atoms with E-state index in [4.69, 9.17) is 0 Å². The van der Waals surface area contributed by atoms with Crippen LogP contribution in [0.4, 0.5) is 0 Å². The highest BCUT2D eigenvalue weighted by atomic mass is 128. The van der Waals surface area contributed by atoms with E-state index in [9.17, 15) is 0 Å². The van der Waals surface area contributed by atoms with Crippen LogP contribution in [0.2, 0.25) is 0 Å². The number of aromatic nitrogens is 1. The smallest absolute Gasteiger partial charge is 0.0486 e. The molecule has 0 N–H and O–H groups in total. The summed E-state index contributed by atoms with van der Waals surface area (Å²) in [7, 11) is 2.20. The van der Waals surface area contributed by atoms with Gasteiger partial charge >= 0.3 is 0 Å². The zero-order valence-electron chi connectivity index (χ0n) is 18.4. The highest BCUT2D eigenvalue weighted by molar-refractivity contribution is 15.0. The zero-order valence-corrected chi connectivity index (χ0v) is 22.8. The third-order valence-electron chi connectivity index (χ3n) is 6.71. The van der Waals surface area contributed by atoms with Crippen LogP contribution < -0.4 is 0 Å². The van der Waals surface area contributed by atoms with E-state index in [1.807, 2.05) is 13.8 Å². The Morgan fingerprint density at radius 2 is 1.69 bits per heavy atom. The summed E-state index contributed by atoms with van der Waals surface area (Å²) in [6.07, 6.45) is 2.33. The van der Waals surface area contributed by atoms with Gasteiger partial charge in [-0.3, -0.25) is 4.90 Å². The Hall–Kier alpha value is -0.600. The highest BCUT2D eigenvalue weighted by Crippen LogP contribution is 2.41. The normalized spacial score (nSPS) is 17.3. The largest absolute Gasteiger partial charge is 0.348 e. The van der Waals surface area contributed by atoms with Gasteiger partial charge in [0.2, 0.25) is 0 Å². The molecule has 0 bridgehead atoms. The Balaban J connectivity index is 0.000000568. The van der Waals surface area contributed by atoms with E-state index in [1.165, 1.54) is 40.7 Å². The number of hydrogen-bond donors (Lipinski definition) is 0. The van der Waals surface area contributed by atoms with Gasteiger partial charge in [-0.1, -0.05) is 43.7 Å². The van der Waals surface area contributed by atoms with Crippen molar-refractivity contribution in [2.45, 2.75) is 60.0 Å². The first-order valence-corrected chi connectivity index (χ1v) is 16.9. The summed E-state index contributed by atoms with van der Waals surface area (Å²) in [5.74, 6) is 0. The molecule has 0 radical (unpaired) electrons. The lowest BCUT2D eigenvalue weighted by atomic mass is 9.82. The molecule has 2 nitrogen and oxygen atoms in total. The first-order chi connectivity index (χ1) is 14.0. The molecule has 1 atom stereocenters. The second-order valence-corrected chi connectivity index (χ2v) is 8.01. The predicted octanol–water partition coefficient (Wildman–Crippen LogP) is 7.56. The second kappa shape index (κ2) is 9.69. The second-order valence-electron chi connectivity index (χ2n) is 8.01. The van der Waals surface area contributed by atoms with Crippen LogP contribution in [0.1, 0.15) is 59.0 Å². The van der Waals surface area contributed by atoms with Crippen molar-refractivity contribution >= 4 is 48.1 Å². The average Bonchev–Trinajstić information content (AvgIpc) is 2.99. The maximum Gasteiger partial charge on any atom is 0.0486 e. The number of benzene rings is 2.